The molecule has 0 spiro atoms. The second-order valence-corrected chi connectivity index (χ2v) is 29.8. The predicted molar refractivity (Wildman–Crippen MR) is 393 cm³/mol. The van der Waals surface area contributed by atoms with Crippen LogP contribution >= 0.6 is 0 Å². The van der Waals surface area contributed by atoms with Crippen LogP contribution in [0.5, 0.6) is 0 Å². The number of benzene rings is 6. The van der Waals surface area contributed by atoms with E-state index in [-0.39, 0.29) is 56.1 Å². The lowest BCUT2D eigenvalue weighted by molar-refractivity contribution is 0.0708. The average molecular weight is 1440 g/mol. The Kier molecular flexibility index (Phi) is 20.3. The van der Waals surface area contributed by atoms with Gasteiger partial charge in [0.05, 0.1) is 62.2 Å². The number of anilines is 6. The highest BCUT2D eigenvalue weighted by molar-refractivity contribution is 7.93. The van der Waals surface area contributed by atoms with Gasteiger partial charge in [0, 0.05) is 121 Å². The van der Waals surface area contributed by atoms with Crippen molar-refractivity contribution in [1.29, 1.82) is 0 Å². The van der Waals surface area contributed by atoms with Crippen LogP contribution in [0.1, 0.15) is 37.0 Å². The molecule has 6 aromatic carbocycles. The topological polar surface area (TPSA) is 301 Å². The lowest BCUT2D eigenvalue weighted by Crippen LogP contribution is -2.49. The van der Waals surface area contributed by atoms with Gasteiger partial charge in [-0.1, -0.05) is 109 Å². The minimum atomic E-state index is -4.02. The number of amides is 3. The minimum Gasteiger partial charge on any atom is -0.459 e. The van der Waals surface area contributed by atoms with Gasteiger partial charge in [0.15, 0.2) is 11.5 Å². The Morgan fingerprint density at radius 2 is 0.676 bits per heavy atom. The number of sulfonamides is 3. The number of furan rings is 2. The predicted octanol–water partition coefficient (Wildman–Crippen LogP) is 7.97. The van der Waals surface area contributed by atoms with E-state index in [1.165, 1.54) is 50.5 Å². The number of piperazine rings is 3. The molecule has 3 fully saturated rings. The zero-order chi connectivity index (χ0) is 72.2. The number of hydrogen-bond acceptors (Lipinski definition) is 17. The summed E-state index contributed by atoms with van der Waals surface area (Å²) in [4.78, 5) is 89.3. The van der Waals surface area contributed by atoms with Crippen molar-refractivity contribution >= 4 is 115 Å². The summed E-state index contributed by atoms with van der Waals surface area (Å²) in [6.07, 6.45) is 3.95. The van der Waals surface area contributed by atoms with E-state index in [2.05, 4.69) is 14.2 Å². The maximum Gasteiger partial charge on any atom is 0.289 e. The Morgan fingerprint density at radius 3 is 1.02 bits per heavy atom. The fourth-order valence-corrected chi connectivity index (χ4v) is 15.6. The molecule has 29 heteroatoms. The second kappa shape index (κ2) is 29.4. The molecule has 528 valence electrons. The summed E-state index contributed by atoms with van der Waals surface area (Å²) >= 11 is 0. The van der Waals surface area contributed by atoms with Gasteiger partial charge in [-0.2, -0.15) is 0 Å². The third kappa shape index (κ3) is 14.8. The van der Waals surface area contributed by atoms with Gasteiger partial charge in [0.1, 0.15) is 17.1 Å². The van der Waals surface area contributed by atoms with Crippen molar-refractivity contribution in [2.45, 2.75) is 16.7 Å². The molecule has 3 aliphatic rings. The van der Waals surface area contributed by atoms with E-state index in [4.69, 9.17) is 8.83 Å². The van der Waals surface area contributed by atoms with E-state index in [9.17, 15) is 54.0 Å². The molecule has 0 aliphatic carbocycles. The molecule has 0 radical (unpaired) electrons. The summed E-state index contributed by atoms with van der Waals surface area (Å²) in [6, 6.07) is 52.3. The van der Waals surface area contributed by atoms with Crippen LogP contribution in [-0.2, 0) is 51.2 Å². The smallest absolute Gasteiger partial charge is 0.289 e. The van der Waals surface area contributed by atoms with E-state index in [0.29, 0.717) is 118 Å². The van der Waals surface area contributed by atoms with Crippen LogP contribution in [0, 0.1) is 6.92 Å². The van der Waals surface area contributed by atoms with Crippen molar-refractivity contribution in [2.24, 2.45) is 21.1 Å². The number of fused-ring (bicyclic) bond motifs is 3. The molecule has 3 saturated heterocycles. The largest absolute Gasteiger partial charge is 0.459 e. The molecular formula is C73H74N12O14S3. The highest BCUT2D eigenvalue weighted by atomic mass is 32.2. The van der Waals surface area contributed by atoms with E-state index < -0.39 is 46.7 Å². The molecule has 11 aromatic rings. The molecule has 0 saturated carbocycles. The van der Waals surface area contributed by atoms with Crippen LogP contribution in [0.15, 0.2) is 228 Å². The quantitative estimate of drug-likeness (QED) is 0.0929. The lowest BCUT2D eigenvalue weighted by atomic mass is 10.1. The first-order valence-corrected chi connectivity index (χ1v) is 37.5. The summed E-state index contributed by atoms with van der Waals surface area (Å²) in [7, 11) is -6.82. The van der Waals surface area contributed by atoms with Crippen LogP contribution in [0.25, 0.3) is 32.7 Å². The molecule has 3 N–H and O–H groups in total. The van der Waals surface area contributed by atoms with Crippen LogP contribution in [0.3, 0.4) is 0 Å². The fourth-order valence-electron chi connectivity index (χ4n) is 12.9. The monoisotopic (exact) mass is 1440 g/mol. The number of nitrogens with zero attached hydrogens (tertiary/aromatic N) is 9. The highest BCUT2D eigenvalue weighted by Crippen LogP contribution is 2.38. The van der Waals surface area contributed by atoms with Crippen molar-refractivity contribution in [2.75, 3.05) is 114 Å². The number of hydrogen-bond donors (Lipinski definition) is 3. The first kappa shape index (κ1) is 70.4. The van der Waals surface area contributed by atoms with E-state index in [1.807, 2.05) is 113 Å². The van der Waals surface area contributed by atoms with Crippen molar-refractivity contribution in [1.82, 2.24) is 28.4 Å². The number of aryl methyl sites for hydroxylation is 4. The van der Waals surface area contributed by atoms with Crippen LogP contribution in [-0.4, -0.2) is 156 Å². The van der Waals surface area contributed by atoms with Crippen LogP contribution in [0.2, 0.25) is 0 Å². The number of para-hydroxylation sites is 3. The van der Waals surface area contributed by atoms with Crippen molar-refractivity contribution in [3.63, 3.8) is 0 Å². The van der Waals surface area contributed by atoms with Crippen molar-refractivity contribution < 1.29 is 48.5 Å². The zero-order valence-corrected chi connectivity index (χ0v) is 58.9. The Bertz CT molecular complexity index is 5500. The Balaban J connectivity index is 0.000000145. The molecule has 5 aromatic heterocycles. The maximum absolute atomic E-state index is 13.5. The molecule has 26 nitrogen and oxygen atoms in total. The molecule has 0 atom stereocenters. The van der Waals surface area contributed by atoms with Gasteiger partial charge >= 0.3 is 0 Å². The number of rotatable bonds is 14. The van der Waals surface area contributed by atoms with E-state index in [0.717, 1.165) is 28.0 Å². The first-order valence-electron chi connectivity index (χ1n) is 32.6. The standard InChI is InChI=1S/C26H26N4O5S.C25H24N4O5S.C22H24N4O4S/c1-18-9-11-19(12-10-18)36(33,34)27-23-24(20-6-3-4-7-21(20)28(2)26(23)32)29-13-15-30(16-14-29)25(31)22-8-5-17-35-22;1-27-20-11-6-5-10-19(20)23(22(25(27)31)26-35(32,33)18-8-3-2-4-9-18)28-13-15-29(16-14-28)24(30)21-12-7-17-34-21;1-24-18-11-7-6-10-17(18)20(19(22(24)28)23-31(2,29)30)25-12-14-26(15-13-25)21(27)16-8-4-3-5-9-16/h3-12,17,27H,13-16H2,1-2H3;2-12,17,26H,13-16H2,1H3;3-11,23H,12-15H2,1-2H3. The van der Waals surface area contributed by atoms with Gasteiger partial charge in [-0.05, 0) is 85.8 Å². The summed E-state index contributed by atoms with van der Waals surface area (Å²) in [5.74, 6) is 0.105. The molecule has 0 unspecified atom stereocenters. The average Bonchev–Trinajstić information content (AvgIpc) is 0.814. The molecule has 8 heterocycles. The number of carbonyl (C=O) groups is 3. The Hall–Kier alpha value is -11.4. The number of pyridine rings is 3. The molecule has 3 aliphatic heterocycles. The van der Waals surface area contributed by atoms with Crippen LogP contribution < -0.4 is 45.5 Å². The number of nitrogens with one attached hydrogen (secondary N) is 3. The lowest BCUT2D eigenvalue weighted by Gasteiger charge is -2.37. The summed E-state index contributed by atoms with van der Waals surface area (Å²) in [6.45, 7) is 7.03. The number of carbonyl (C=O) groups excluding carboxylic acids is 3. The molecule has 0 bridgehead atoms. The van der Waals surface area contributed by atoms with Crippen molar-refractivity contribution in [3.05, 3.63) is 248 Å². The Morgan fingerprint density at radius 1 is 0.363 bits per heavy atom. The zero-order valence-electron chi connectivity index (χ0n) is 56.4. The molecule has 102 heavy (non-hydrogen) atoms. The molecule has 3 amide bonds. The third-order valence-corrected chi connectivity index (χ3v) is 21.4. The Labute approximate surface area is 588 Å². The van der Waals surface area contributed by atoms with Gasteiger partial charge in [-0.25, -0.2) is 25.3 Å². The fraction of sp³-hybridized carbons (Fsp3) is 0.233. The summed E-state index contributed by atoms with van der Waals surface area (Å²) in [5, 5.41) is 2.26. The summed E-state index contributed by atoms with van der Waals surface area (Å²) in [5.41, 5.74) is 3.91. The van der Waals surface area contributed by atoms with Gasteiger partial charge in [-0.15, -0.1) is 0 Å². The van der Waals surface area contributed by atoms with Gasteiger partial charge in [-0.3, -0.25) is 42.9 Å². The molecular weight excluding hydrogens is 1370 g/mol. The normalized spacial score (nSPS) is 14.4. The van der Waals surface area contributed by atoms with Gasteiger partial charge in [0.2, 0.25) is 10.0 Å². The molecule has 14 rings (SSSR count). The minimum absolute atomic E-state index is 0.0115. The van der Waals surface area contributed by atoms with Crippen molar-refractivity contribution in [3.8, 4) is 0 Å². The maximum atomic E-state index is 13.5. The second-order valence-electron chi connectivity index (χ2n) is 24.7. The van der Waals surface area contributed by atoms with Gasteiger partial charge in [0.25, 0.3) is 54.4 Å². The third-order valence-electron chi connectivity index (χ3n) is 18.1. The summed E-state index contributed by atoms with van der Waals surface area (Å²) < 4.78 is 99.3. The number of aromatic nitrogens is 3. The van der Waals surface area contributed by atoms with E-state index in [1.54, 1.807) is 103 Å². The SMILES string of the molecule is Cc1ccc(S(=O)(=O)Nc2c(N3CCN(C(=O)c4ccco4)CC3)c3ccccc3n(C)c2=O)cc1.Cn1c(=O)c(NS(=O)(=O)c2ccccc2)c(N2CCN(C(=O)c3ccco3)CC2)c2ccccc21.Cn1c(=O)c(NS(C)(=O)=O)c(N2CCN(C(=O)c3ccccc3)CC2)c2ccccc21. The highest BCUT2D eigenvalue weighted by Gasteiger charge is 2.33. The first-order chi connectivity index (χ1) is 48.9. The van der Waals surface area contributed by atoms with Crippen LogP contribution in [0.4, 0.5) is 34.1 Å². The van der Waals surface area contributed by atoms with E-state index >= 15 is 0 Å². The van der Waals surface area contributed by atoms with Gasteiger partial charge < -0.3 is 51.9 Å².